The van der Waals surface area contributed by atoms with Crippen LogP contribution in [0.5, 0.6) is 0 Å². The molecule has 1 amide bonds. The summed E-state index contributed by atoms with van der Waals surface area (Å²) in [5, 5.41) is 28.8. The maximum absolute atomic E-state index is 11.6. The van der Waals surface area contributed by atoms with Crippen molar-refractivity contribution in [1.29, 1.82) is 0 Å². The summed E-state index contributed by atoms with van der Waals surface area (Å²) in [5.74, 6) is -0.987. The number of carboxylic acid groups (broad SMARTS) is 2. The van der Waals surface area contributed by atoms with Gasteiger partial charge in [-0.1, -0.05) is 66.2 Å². The van der Waals surface area contributed by atoms with E-state index in [-0.39, 0.29) is 30.1 Å². The van der Waals surface area contributed by atoms with Gasteiger partial charge in [-0.3, -0.25) is 4.90 Å². The number of β-amino-alcohol motifs (C(OH)–C–C–N with tert-alkyl or cyclic N) is 1. The number of carbonyl (C=O) groups is 2. The topological polar surface area (TPSA) is 107 Å². The highest BCUT2D eigenvalue weighted by molar-refractivity contribution is 5.88. The Balaban J connectivity index is 2.86. The Morgan fingerprint density at radius 3 is 2.19 bits per heavy atom. The van der Waals surface area contributed by atoms with E-state index in [0.29, 0.717) is 0 Å². The molecule has 0 aromatic carbocycles. The summed E-state index contributed by atoms with van der Waals surface area (Å²) in [6, 6.07) is -0.749. The molecule has 0 bridgehead atoms. The Bertz CT molecular complexity index is 622. The molecule has 7 heteroatoms. The largest absolute Gasteiger partial charge is 0.478 e. The number of carboxylic acids is 1. The molecule has 0 saturated heterocycles. The van der Waals surface area contributed by atoms with Crippen molar-refractivity contribution in [3.8, 4) is 0 Å². The molecule has 0 radical (unpaired) electrons. The van der Waals surface area contributed by atoms with E-state index in [2.05, 4.69) is 27.7 Å². The number of aliphatic hydroxyl groups is 1. The molecule has 7 nitrogen and oxygen atoms in total. The summed E-state index contributed by atoms with van der Waals surface area (Å²) in [6.45, 7) is 12.6. The predicted octanol–water partition coefficient (Wildman–Crippen LogP) is 4.93. The van der Waals surface area contributed by atoms with Crippen LogP contribution in [0, 0.1) is 11.3 Å². The monoisotopic (exact) mass is 441 g/mol. The van der Waals surface area contributed by atoms with Crippen molar-refractivity contribution < 1.29 is 29.6 Å². The van der Waals surface area contributed by atoms with E-state index in [9.17, 15) is 24.9 Å². The van der Waals surface area contributed by atoms with Crippen molar-refractivity contribution in [1.82, 2.24) is 4.90 Å². The second-order valence-electron chi connectivity index (χ2n) is 10.3. The van der Waals surface area contributed by atoms with E-state index in [1.165, 1.54) is 38.2 Å². The highest BCUT2D eigenvalue weighted by Gasteiger charge is 2.40. The lowest BCUT2D eigenvalue weighted by Gasteiger charge is -2.44. The zero-order valence-corrected chi connectivity index (χ0v) is 20.2. The minimum absolute atomic E-state index is 0.00419. The number of aliphatic hydroxyl groups excluding tert-OH is 1. The molecule has 1 aliphatic rings. The smallest absolute Gasteiger partial charge is 0.407 e. The maximum Gasteiger partial charge on any atom is 0.407 e. The molecule has 0 fully saturated rings. The van der Waals surface area contributed by atoms with E-state index in [1.807, 2.05) is 13.8 Å². The van der Waals surface area contributed by atoms with Crippen LogP contribution in [0.4, 0.5) is 4.79 Å². The predicted molar refractivity (Wildman–Crippen MR) is 121 cm³/mol. The van der Waals surface area contributed by atoms with Crippen LogP contribution in [0.25, 0.3) is 0 Å². The third-order valence-electron chi connectivity index (χ3n) is 6.35. The first-order valence-corrected chi connectivity index (χ1v) is 11.6. The van der Waals surface area contributed by atoms with Gasteiger partial charge < -0.3 is 20.1 Å². The van der Waals surface area contributed by atoms with Crippen LogP contribution in [0.15, 0.2) is 11.6 Å². The lowest BCUT2D eigenvalue weighted by Crippen LogP contribution is -2.52. The van der Waals surface area contributed by atoms with Crippen molar-refractivity contribution in [2.24, 2.45) is 11.3 Å². The highest BCUT2D eigenvalue weighted by Crippen LogP contribution is 2.40. The van der Waals surface area contributed by atoms with Crippen LogP contribution in [0.1, 0.15) is 86.5 Å². The first kappa shape index (κ1) is 27.4. The van der Waals surface area contributed by atoms with Gasteiger partial charge in [0.05, 0.1) is 30.4 Å². The number of ether oxygens (including phenoxy) is 1. The summed E-state index contributed by atoms with van der Waals surface area (Å²) in [6.07, 6.45) is 7.12. The number of amides is 1. The summed E-state index contributed by atoms with van der Waals surface area (Å²) < 4.78 is 6.27. The summed E-state index contributed by atoms with van der Waals surface area (Å²) >= 11 is 0. The Morgan fingerprint density at radius 2 is 1.68 bits per heavy atom. The number of nitrogens with zero attached hydrogens (tertiary/aromatic N) is 1. The van der Waals surface area contributed by atoms with Crippen LogP contribution < -0.4 is 0 Å². The van der Waals surface area contributed by atoms with Gasteiger partial charge in [0, 0.05) is 0 Å². The lowest BCUT2D eigenvalue weighted by atomic mass is 9.69. The van der Waals surface area contributed by atoms with E-state index in [1.54, 1.807) is 0 Å². The molecule has 31 heavy (non-hydrogen) atoms. The van der Waals surface area contributed by atoms with Crippen LogP contribution >= 0.6 is 0 Å². The first-order valence-electron chi connectivity index (χ1n) is 11.6. The van der Waals surface area contributed by atoms with Gasteiger partial charge in [-0.05, 0) is 37.7 Å². The molecule has 3 N–H and O–H groups in total. The molecule has 0 saturated carbocycles. The molecule has 0 aromatic rings. The molecule has 0 aromatic heterocycles. The van der Waals surface area contributed by atoms with Crippen molar-refractivity contribution in [3.05, 3.63) is 11.6 Å². The van der Waals surface area contributed by atoms with Crippen LogP contribution in [0.3, 0.4) is 0 Å². The summed E-state index contributed by atoms with van der Waals surface area (Å²) in [5.41, 5.74) is -0.688. The molecular weight excluding hydrogens is 398 g/mol. The van der Waals surface area contributed by atoms with Crippen molar-refractivity contribution >= 4 is 12.1 Å². The molecular formula is C24H43NO6. The van der Waals surface area contributed by atoms with Crippen molar-refractivity contribution in [3.63, 3.8) is 0 Å². The van der Waals surface area contributed by atoms with Gasteiger partial charge in [0.15, 0.2) is 0 Å². The van der Waals surface area contributed by atoms with Gasteiger partial charge in [0.2, 0.25) is 0 Å². The summed E-state index contributed by atoms with van der Waals surface area (Å²) in [4.78, 5) is 24.1. The maximum atomic E-state index is 11.6. The normalized spacial score (nSPS) is 21.0. The third-order valence-corrected chi connectivity index (χ3v) is 6.35. The van der Waals surface area contributed by atoms with Crippen LogP contribution in [0.2, 0.25) is 0 Å². The number of hydrogen-bond acceptors (Lipinski definition) is 4. The molecule has 1 heterocycles. The average molecular weight is 442 g/mol. The number of hydrogen-bond donors (Lipinski definition) is 3. The number of aliphatic carboxylic acids is 1. The van der Waals surface area contributed by atoms with Crippen LogP contribution in [-0.2, 0) is 9.53 Å². The molecule has 1 unspecified atom stereocenters. The molecule has 1 aliphatic heterocycles. The molecule has 0 spiro atoms. The minimum atomic E-state index is -1.34. The van der Waals surface area contributed by atoms with Crippen LogP contribution in [-0.4, -0.2) is 63.2 Å². The van der Waals surface area contributed by atoms with Gasteiger partial charge >= 0.3 is 12.1 Å². The molecule has 3 atom stereocenters. The minimum Gasteiger partial charge on any atom is -0.478 e. The quantitative estimate of drug-likeness (QED) is 0.371. The number of unbranched alkanes of at least 4 members (excludes halogenated alkanes) is 5. The zero-order chi connectivity index (χ0) is 23.8. The van der Waals surface area contributed by atoms with E-state index >= 15 is 0 Å². The van der Waals surface area contributed by atoms with Gasteiger partial charge in [0.25, 0.3) is 0 Å². The Kier molecular flexibility index (Phi) is 10.5. The third kappa shape index (κ3) is 8.45. The van der Waals surface area contributed by atoms with Gasteiger partial charge in [-0.2, -0.15) is 0 Å². The molecule has 1 rings (SSSR count). The van der Waals surface area contributed by atoms with E-state index in [4.69, 9.17) is 4.74 Å². The lowest BCUT2D eigenvalue weighted by molar-refractivity contribution is -0.134. The number of rotatable bonds is 12. The van der Waals surface area contributed by atoms with Crippen molar-refractivity contribution in [2.75, 3.05) is 13.2 Å². The Morgan fingerprint density at radius 1 is 1.10 bits per heavy atom. The van der Waals surface area contributed by atoms with E-state index < -0.39 is 29.8 Å². The van der Waals surface area contributed by atoms with Gasteiger partial charge in [0.1, 0.15) is 6.10 Å². The fourth-order valence-electron chi connectivity index (χ4n) is 4.75. The second-order valence-corrected chi connectivity index (χ2v) is 10.3. The molecule has 0 aliphatic carbocycles. The fraction of sp³-hybridized carbons (Fsp3) is 0.833. The highest BCUT2D eigenvalue weighted by atomic mass is 16.5. The van der Waals surface area contributed by atoms with E-state index in [0.717, 1.165) is 17.7 Å². The molecule has 180 valence electrons. The van der Waals surface area contributed by atoms with Crippen molar-refractivity contribution in [2.45, 2.75) is 104 Å². The fourth-order valence-corrected chi connectivity index (χ4v) is 4.75. The Hall–Kier alpha value is -1.60. The second kappa shape index (κ2) is 11.9. The standard InChI is InChI=1S/C24H43NO6/c1-7-8-9-10-11-12-13-20(23(2,3)4)24(5,6)31-16-17-14-18(21(27)28)19(26)15-25(17)22(29)30/h14,17,19-20,26H,7-13,15-16H2,1-6H3,(H,27,28)(H,29,30)/t17-,19+,20?/m0/s1. The average Bonchev–Trinajstić information content (AvgIpc) is 2.64. The first-order chi connectivity index (χ1) is 14.3. The summed E-state index contributed by atoms with van der Waals surface area (Å²) in [7, 11) is 0. The Labute approximate surface area is 187 Å². The zero-order valence-electron chi connectivity index (χ0n) is 20.2. The van der Waals surface area contributed by atoms with Gasteiger partial charge in [-0.25, -0.2) is 9.59 Å². The van der Waals surface area contributed by atoms with Gasteiger partial charge in [-0.15, -0.1) is 0 Å². The SMILES string of the molecule is CCCCCCCCC(C(C)(C)C)C(C)(C)OC[C@@H]1C=C(C(=O)O)[C@H](O)CN1C(=O)O.